The van der Waals surface area contributed by atoms with Gasteiger partial charge in [-0.2, -0.15) is 13.2 Å². The Kier molecular flexibility index (Phi) is 3.45. The van der Waals surface area contributed by atoms with Gasteiger partial charge in [0.15, 0.2) is 12.4 Å². The van der Waals surface area contributed by atoms with Crippen LogP contribution in [0.3, 0.4) is 0 Å². The molecule has 4 rings (SSSR count). The van der Waals surface area contributed by atoms with Gasteiger partial charge in [-0.25, -0.2) is 0 Å². The summed E-state index contributed by atoms with van der Waals surface area (Å²) in [6.07, 6.45) is -2.97. The molecule has 0 unspecified atom stereocenters. The van der Waals surface area contributed by atoms with E-state index in [1.165, 1.54) is 12.3 Å². The number of furan rings is 1. The monoisotopic (exact) mass is 350 g/mol. The van der Waals surface area contributed by atoms with Crippen LogP contribution in [0.25, 0.3) is 22.6 Å². The van der Waals surface area contributed by atoms with Crippen molar-refractivity contribution in [1.29, 1.82) is 0 Å². The Labute approximate surface area is 137 Å². The van der Waals surface area contributed by atoms with Crippen molar-refractivity contribution in [3.8, 4) is 11.5 Å². The normalized spacial score (nSPS) is 12.0. The van der Waals surface area contributed by atoms with Crippen LogP contribution in [0.5, 0.6) is 0 Å². The third-order valence-electron chi connectivity index (χ3n) is 3.40. The summed E-state index contributed by atoms with van der Waals surface area (Å²) in [5, 5.41) is 11.3. The zero-order valence-corrected chi connectivity index (χ0v) is 12.4. The number of fused-ring (bicyclic) bond motifs is 1. The summed E-state index contributed by atoms with van der Waals surface area (Å²) < 4.78 is 48.7. The molecule has 0 saturated carbocycles. The van der Waals surface area contributed by atoms with Gasteiger partial charge in [-0.1, -0.05) is 10.0 Å². The number of halogens is 3. The van der Waals surface area contributed by atoms with Crippen molar-refractivity contribution in [2.24, 2.45) is 0 Å². The fourth-order valence-electron chi connectivity index (χ4n) is 2.21. The van der Waals surface area contributed by atoms with Gasteiger partial charge in [-0.05, 0) is 35.5 Å². The summed E-state index contributed by atoms with van der Waals surface area (Å²) in [5.41, 5.74) is -0.00952. The van der Waals surface area contributed by atoms with Crippen molar-refractivity contribution >= 4 is 11.0 Å². The zero-order valence-electron chi connectivity index (χ0n) is 12.4. The molecule has 25 heavy (non-hydrogen) atoms. The standard InChI is InChI=1S/C15H9F3N4O3/c16-15(17,18)9-3-4-11-12(6-9)22(21-19-11)24-8-10-7-14(25-20-10)13-2-1-5-23-13/h1-7H,8H2. The van der Waals surface area contributed by atoms with Crippen molar-refractivity contribution in [1.82, 2.24) is 20.3 Å². The molecule has 0 atom stereocenters. The van der Waals surface area contributed by atoms with Crippen molar-refractivity contribution < 1.29 is 26.9 Å². The topological polar surface area (TPSA) is 79.1 Å². The third-order valence-corrected chi connectivity index (χ3v) is 3.40. The Morgan fingerprint density at radius 2 is 2.00 bits per heavy atom. The molecule has 128 valence electrons. The van der Waals surface area contributed by atoms with Crippen LogP contribution in [-0.4, -0.2) is 20.3 Å². The number of benzene rings is 1. The molecule has 0 spiro atoms. The number of aromatic nitrogens is 4. The summed E-state index contributed by atoms with van der Waals surface area (Å²) >= 11 is 0. The molecule has 0 amide bonds. The lowest BCUT2D eigenvalue weighted by Gasteiger charge is -2.07. The second-order valence-electron chi connectivity index (χ2n) is 5.10. The fourth-order valence-corrected chi connectivity index (χ4v) is 2.21. The maximum atomic E-state index is 12.8. The molecule has 10 heteroatoms. The van der Waals surface area contributed by atoms with Gasteiger partial charge in [0.1, 0.15) is 16.7 Å². The molecule has 0 radical (unpaired) electrons. The van der Waals surface area contributed by atoms with E-state index in [-0.39, 0.29) is 17.6 Å². The summed E-state index contributed by atoms with van der Waals surface area (Å²) in [5.74, 6) is 0.909. The molecule has 0 bridgehead atoms. The lowest BCUT2D eigenvalue weighted by atomic mass is 10.2. The predicted molar refractivity (Wildman–Crippen MR) is 77.0 cm³/mol. The van der Waals surface area contributed by atoms with Crippen LogP contribution in [0.1, 0.15) is 11.3 Å². The van der Waals surface area contributed by atoms with E-state index in [0.29, 0.717) is 17.2 Å². The van der Waals surface area contributed by atoms with Crippen molar-refractivity contribution in [3.63, 3.8) is 0 Å². The van der Waals surface area contributed by atoms with Gasteiger partial charge < -0.3 is 13.8 Å². The molecular weight excluding hydrogens is 341 g/mol. The van der Waals surface area contributed by atoms with E-state index >= 15 is 0 Å². The van der Waals surface area contributed by atoms with Crippen LogP contribution in [0, 0.1) is 0 Å². The molecule has 0 aliphatic carbocycles. The first-order valence-corrected chi connectivity index (χ1v) is 7.06. The summed E-state index contributed by atoms with van der Waals surface area (Å²) in [6.45, 7) is -0.0705. The number of alkyl halides is 3. The zero-order chi connectivity index (χ0) is 17.4. The maximum absolute atomic E-state index is 12.8. The maximum Gasteiger partial charge on any atom is 0.416 e. The van der Waals surface area contributed by atoms with Crippen LogP contribution in [-0.2, 0) is 12.8 Å². The Morgan fingerprint density at radius 1 is 1.12 bits per heavy atom. The molecule has 0 fully saturated rings. The van der Waals surface area contributed by atoms with Crippen LogP contribution >= 0.6 is 0 Å². The molecule has 0 aliphatic rings. The molecule has 1 aromatic carbocycles. The highest BCUT2D eigenvalue weighted by Crippen LogP contribution is 2.30. The molecule has 3 aromatic heterocycles. The van der Waals surface area contributed by atoms with Crippen LogP contribution < -0.4 is 4.84 Å². The largest absolute Gasteiger partial charge is 0.461 e. The summed E-state index contributed by atoms with van der Waals surface area (Å²) in [4.78, 5) is 6.29. The first-order valence-electron chi connectivity index (χ1n) is 7.06. The SMILES string of the molecule is FC(F)(F)c1ccc2nnn(OCc3cc(-c4ccco4)on3)c2c1. The van der Waals surface area contributed by atoms with Crippen molar-refractivity contribution in [2.45, 2.75) is 12.8 Å². The van der Waals surface area contributed by atoms with Gasteiger partial charge in [-0.3, -0.25) is 0 Å². The average Bonchev–Trinajstić information content (AvgIpc) is 3.31. The Morgan fingerprint density at radius 3 is 2.76 bits per heavy atom. The van der Waals surface area contributed by atoms with Gasteiger partial charge in [0.25, 0.3) is 0 Å². The minimum atomic E-state index is -4.46. The first-order chi connectivity index (χ1) is 12.0. The smallest absolute Gasteiger partial charge is 0.416 e. The van der Waals surface area contributed by atoms with Crippen LogP contribution in [0.15, 0.2) is 51.6 Å². The molecule has 4 aromatic rings. The Hall–Kier alpha value is -3.30. The molecule has 0 N–H and O–H groups in total. The number of nitrogens with zero attached hydrogens (tertiary/aromatic N) is 4. The minimum Gasteiger partial charge on any atom is -0.461 e. The van der Waals surface area contributed by atoms with Crippen LogP contribution in [0.2, 0.25) is 0 Å². The molecule has 0 saturated heterocycles. The second kappa shape index (κ2) is 5.65. The van der Waals surface area contributed by atoms with Gasteiger partial charge in [0.05, 0.1) is 11.8 Å². The van der Waals surface area contributed by atoms with E-state index in [9.17, 15) is 13.2 Å². The number of rotatable bonds is 4. The van der Waals surface area contributed by atoms with E-state index in [1.807, 2.05) is 0 Å². The Balaban J connectivity index is 1.55. The highest BCUT2D eigenvalue weighted by molar-refractivity contribution is 5.74. The predicted octanol–water partition coefficient (Wildman–Crippen LogP) is 3.33. The molecule has 3 heterocycles. The van der Waals surface area contributed by atoms with Crippen molar-refractivity contribution in [3.05, 3.63) is 53.9 Å². The van der Waals surface area contributed by atoms with Gasteiger partial charge in [0, 0.05) is 6.07 Å². The second-order valence-corrected chi connectivity index (χ2v) is 5.10. The summed E-state index contributed by atoms with van der Waals surface area (Å²) in [6, 6.07) is 8.10. The van der Waals surface area contributed by atoms with Gasteiger partial charge >= 0.3 is 6.18 Å². The quantitative estimate of drug-likeness (QED) is 0.562. The van der Waals surface area contributed by atoms with Crippen LogP contribution in [0.4, 0.5) is 13.2 Å². The lowest BCUT2D eigenvalue weighted by molar-refractivity contribution is -0.137. The first kappa shape index (κ1) is 15.2. The van der Waals surface area contributed by atoms with E-state index in [2.05, 4.69) is 15.5 Å². The lowest BCUT2D eigenvalue weighted by Crippen LogP contribution is -2.13. The highest BCUT2D eigenvalue weighted by Gasteiger charge is 2.31. The molecular formula is C15H9F3N4O3. The molecule has 0 aliphatic heterocycles. The van der Waals surface area contributed by atoms with E-state index in [0.717, 1.165) is 17.0 Å². The summed E-state index contributed by atoms with van der Waals surface area (Å²) in [7, 11) is 0. The van der Waals surface area contributed by atoms with E-state index in [1.54, 1.807) is 18.2 Å². The highest BCUT2D eigenvalue weighted by atomic mass is 19.4. The minimum absolute atomic E-state index is 0.0705. The number of hydrogen-bond acceptors (Lipinski definition) is 6. The van der Waals surface area contributed by atoms with E-state index < -0.39 is 11.7 Å². The number of hydrogen-bond donors (Lipinski definition) is 0. The Bertz CT molecular complexity index is 1000. The molecule has 7 nitrogen and oxygen atoms in total. The van der Waals surface area contributed by atoms with E-state index in [4.69, 9.17) is 13.8 Å². The van der Waals surface area contributed by atoms with Gasteiger partial charge in [0.2, 0.25) is 5.76 Å². The fraction of sp³-hybridized carbons (Fsp3) is 0.133. The third kappa shape index (κ3) is 2.93. The average molecular weight is 350 g/mol. The van der Waals surface area contributed by atoms with Gasteiger partial charge in [-0.15, -0.1) is 5.10 Å². The van der Waals surface area contributed by atoms with Crippen molar-refractivity contribution in [2.75, 3.05) is 0 Å².